The summed E-state index contributed by atoms with van der Waals surface area (Å²) in [7, 11) is 3.65. The molecular formula is C13H16N2O. The fourth-order valence-corrected chi connectivity index (χ4v) is 1.93. The minimum absolute atomic E-state index is 0.934. The zero-order valence-corrected chi connectivity index (χ0v) is 10.1. The first-order valence-corrected chi connectivity index (χ1v) is 5.27. The quantitative estimate of drug-likeness (QED) is 0.771. The fourth-order valence-electron chi connectivity index (χ4n) is 1.93. The van der Waals surface area contributed by atoms with Crippen LogP contribution < -0.4 is 4.74 Å². The summed E-state index contributed by atoms with van der Waals surface area (Å²) in [4.78, 5) is 0. The van der Waals surface area contributed by atoms with Gasteiger partial charge in [-0.05, 0) is 43.2 Å². The van der Waals surface area contributed by atoms with Crippen LogP contribution in [-0.4, -0.2) is 16.9 Å². The predicted molar refractivity (Wildman–Crippen MR) is 64.7 cm³/mol. The number of aromatic nitrogens is 2. The van der Waals surface area contributed by atoms with Crippen molar-refractivity contribution in [2.45, 2.75) is 13.8 Å². The van der Waals surface area contributed by atoms with E-state index in [0.717, 1.165) is 11.4 Å². The predicted octanol–water partition coefficient (Wildman–Crippen LogP) is 2.71. The van der Waals surface area contributed by atoms with Crippen molar-refractivity contribution in [3.05, 3.63) is 35.5 Å². The van der Waals surface area contributed by atoms with Crippen LogP contribution >= 0.6 is 0 Å². The van der Waals surface area contributed by atoms with Crippen LogP contribution in [0.25, 0.3) is 11.3 Å². The van der Waals surface area contributed by atoms with Gasteiger partial charge in [0.15, 0.2) is 0 Å². The first kappa shape index (κ1) is 10.7. The van der Waals surface area contributed by atoms with E-state index in [4.69, 9.17) is 4.74 Å². The second-order valence-corrected chi connectivity index (χ2v) is 3.91. The van der Waals surface area contributed by atoms with Gasteiger partial charge in [0.25, 0.3) is 0 Å². The molecule has 1 aromatic carbocycles. The lowest BCUT2D eigenvalue weighted by Crippen LogP contribution is -1.97. The van der Waals surface area contributed by atoms with E-state index >= 15 is 0 Å². The van der Waals surface area contributed by atoms with Crippen LogP contribution in [0.4, 0.5) is 0 Å². The molecule has 2 rings (SSSR count). The summed E-state index contributed by atoms with van der Waals surface area (Å²) >= 11 is 0. The molecule has 0 bridgehead atoms. The van der Waals surface area contributed by atoms with Gasteiger partial charge in [0.1, 0.15) is 5.75 Å². The molecular weight excluding hydrogens is 200 g/mol. The van der Waals surface area contributed by atoms with E-state index < -0.39 is 0 Å². The van der Waals surface area contributed by atoms with Crippen molar-refractivity contribution in [3.8, 4) is 17.0 Å². The maximum atomic E-state index is 5.31. The highest BCUT2D eigenvalue weighted by Crippen LogP contribution is 2.30. The molecule has 1 aromatic heterocycles. The second kappa shape index (κ2) is 4.00. The SMILES string of the molecule is COc1ccc(-c2ccnn2C)c(C)c1C. The number of benzene rings is 1. The largest absolute Gasteiger partial charge is 0.496 e. The highest BCUT2D eigenvalue weighted by atomic mass is 16.5. The number of nitrogens with zero attached hydrogens (tertiary/aromatic N) is 2. The molecule has 16 heavy (non-hydrogen) atoms. The van der Waals surface area contributed by atoms with Crippen LogP contribution in [0.15, 0.2) is 24.4 Å². The van der Waals surface area contributed by atoms with Crippen LogP contribution in [-0.2, 0) is 7.05 Å². The zero-order chi connectivity index (χ0) is 11.7. The molecule has 0 aliphatic rings. The van der Waals surface area contributed by atoms with Gasteiger partial charge in [-0.25, -0.2) is 0 Å². The number of hydrogen-bond donors (Lipinski definition) is 0. The van der Waals surface area contributed by atoms with E-state index in [1.807, 2.05) is 30.1 Å². The summed E-state index contributed by atoms with van der Waals surface area (Å²) in [6.07, 6.45) is 1.81. The maximum absolute atomic E-state index is 5.31. The summed E-state index contributed by atoms with van der Waals surface area (Å²) in [6.45, 7) is 4.19. The van der Waals surface area contributed by atoms with Gasteiger partial charge in [0, 0.05) is 18.8 Å². The lowest BCUT2D eigenvalue weighted by molar-refractivity contribution is 0.411. The number of ether oxygens (including phenoxy) is 1. The third kappa shape index (κ3) is 1.58. The molecule has 3 nitrogen and oxygen atoms in total. The Kier molecular flexibility index (Phi) is 2.69. The van der Waals surface area contributed by atoms with Gasteiger partial charge in [0.05, 0.1) is 12.8 Å². The van der Waals surface area contributed by atoms with Gasteiger partial charge in [-0.15, -0.1) is 0 Å². The molecule has 0 aliphatic carbocycles. The standard InChI is InChI=1S/C13H16N2O/c1-9-10(2)13(16-4)6-5-11(9)12-7-8-14-15(12)3/h5-8H,1-4H3. The van der Waals surface area contributed by atoms with E-state index in [9.17, 15) is 0 Å². The summed E-state index contributed by atoms with van der Waals surface area (Å²) in [6, 6.07) is 6.11. The molecule has 0 spiro atoms. The van der Waals surface area contributed by atoms with E-state index in [0.29, 0.717) is 0 Å². The Morgan fingerprint density at radius 3 is 2.44 bits per heavy atom. The first-order valence-electron chi connectivity index (χ1n) is 5.27. The number of aryl methyl sites for hydroxylation is 1. The number of methoxy groups -OCH3 is 1. The third-order valence-corrected chi connectivity index (χ3v) is 3.05. The van der Waals surface area contributed by atoms with Crippen molar-refractivity contribution < 1.29 is 4.74 Å². The summed E-state index contributed by atoms with van der Waals surface area (Å²) in [5.41, 5.74) is 4.76. The van der Waals surface area contributed by atoms with Gasteiger partial charge < -0.3 is 4.74 Å². The Morgan fingerprint density at radius 2 is 1.88 bits per heavy atom. The summed E-state index contributed by atoms with van der Waals surface area (Å²) in [5.74, 6) is 0.934. The third-order valence-electron chi connectivity index (χ3n) is 3.05. The van der Waals surface area contributed by atoms with E-state index in [2.05, 4.69) is 25.0 Å². The van der Waals surface area contributed by atoms with Gasteiger partial charge in [0.2, 0.25) is 0 Å². The Labute approximate surface area is 95.7 Å². The average molecular weight is 216 g/mol. The molecule has 0 atom stereocenters. The Morgan fingerprint density at radius 1 is 1.12 bits per heavy atom. The average Bonchev–Trinajstić information content (AvgIpc) is 2.69. The normalized spacial score (nSPS) is 10.5. The van der Waals surface area contributed by atoms with Crippen LogP contribution in [0.5, 0.6) is 5.75 Å². The highest BCUT2D eigenvalue weighted by Gasteiger charge is 2.10. The zero-order valence-electron chi connectivity index (χ0n) is 10.1. The van der Waals surface area contributed by atoms with Gasteiger partial charge in [-0.1, -0.05) is 0 Å². The number of hydrogen-bond acceptors (Lipinski definition) is 2. The molecule has 1 heterocycles. The smallest absolute Gasteiger partial charge is 0.122 e. The molecule has 0 N–H and O–H groups in total. The lowest BCUT2D eigenvalue weighted by atomic mass is 10.00. The van der Waals surface area contributed by atoms with Crippen molar-refractivity contribution in [1.82, 2.24) is 9.78 Å². The monoisotopic (exact) mass is 216 g/mol. The van der Waals surface area contributed by atoms with E-state index in [1.54, 1.807) is 7.11 Å². The molecule has 84 valence electrons. The molecule has 0 saturated heterocycles. The first-order chi connectivity index (χ1) is 7.65. The van der Waals surface area contributed by atoms with Crippen LogP contribution in [0.2, 0.25) is 0 Å². The lowest BCUT2D eigenvalue weighted by Gasteiger charge is -2.12. The molecule has 0 saturated carbocycles. The van der Waals surface area contributed by atoms with E-state index in [1.165, 1.54) is 16.7 Å². The van der Waals surface area contributed by atoms with Crippen molar-refractivity contribution in [2.75, 3.05) is 7.11 Å². The Bertz CT molecular complexity index is 515. The van der Waals surface area contributed by atoms with Crippen LogP contribution in [0.1, 0.15) is 11.1 Å². The molecule has 0 fully saturated rings. The summed E-state index contributed by atoms with van der Waals surface area (Å²) in [5, 5.41) is 4.19. The van der Waals surface area contributed by atoms with Crippen molar-refractivity contribution in [1.29, 1.82) is 0 Å². The molecule has 0 amide bonds. The Hall–Kier alpha value is -1.77. The van der Waals surface area contributed by atoms with Crippen molar-refractivity contribution in [2.24, 2.45) is 7.05 Å². The molecule has 0 unspecified atom stereocenters. The highest BCUT2D eigenvalue weighted by molar-refractivity contribution is 5.67. The number of rotatable bonds is 2. The van der Waals surface area contributed by atoms with E-state index in [-0.39, 0.29) is 0 Å². The van der Waals surface area contributed by atoms with Crippen molar-refractivity contribution >= 4 is 0 Å². The fraction of sp³-hybridized carbons (Fsp3) is 0.308. The topological polar surface area (TPSA) is 27.1 Å². The molecule has 0 aliphatic heterocycles. The minimum Gasteiger partial charge on any atom is -0.496 e. The Balaban J connectivity index is 2.60. The molecule has 0 radical (unpaired) electrons. The van der Waals surface area contributed by atoms with Gasteiger partial charge in [-0.3, -0.25) is 4.68 Å². The molecule has 3 heteroatoms. The van der Waals surface area contributed by atoms with Crippen LogP contribution in [0, 0.1) is 13.8 Å². The second-order valence-electron chi connectivity index (χ2n) is 3.91. The van der Waals surface area contributed by atoms with Crippen molar-refractivity contribution in [3.63, 3.8) is 0 Å². The maximum Gasteiger partial charge on any atom is 0.122 e. The molecule has 2 aromatic rings. The summed E-state index contributed by atoms with van der Waals surface area (Å²) < 4.78 is 7.19. The minimum atomic E-state index is 0.934. The van der Waals surface area contributed by atoms with Gasteiger partial charge >= 0.3 is 0 Å². The van der Waals surface area contributed by atoms with Crippen LogP contribution in [0.3, 0.4) is 0 Å². The van der Waals surface area contributed by atoms with Gasteiger partial charge in [-0.2, -0.15) is 5.10 Å².